The van der Waals surface area contributed by atoms with Crippen LogP contribution in [0.25, 0.3) is 0 Å². The topological polar surface area (TPSA) is 58.9 Å². The molecule has 0 aromatic rings. The molecule has 3 unspecified atom stereocenters. The number of aliphatic imine (C=N–C) groups is 2. The first-order valence-corrected chi connectivity index (χ1v) is 5.20. The van der Waals surface area contributed by atoms with Gasteiger partial charge in [-0.15, -0.1) is 0 Å². The first-order chi connectivity index (χ1) is 7.09. The molecule has 1 fully saturated rings. The van der Waals surface area contributed by atoms with E-state index < -0.39 is 0 Å². The van der Waals surface area contributed by atoms with Gasteiger partial charge in [-0.2, -0.15) is 0 Å². The van der Waals surface area contributed by atoms with E-state index in [0.29, 0.717) is 12.5 Å². The Kier molecular flexibility index (Phi) is 3.96. The lowest BCUT2D eigenvalue weighted by atomic mass is 9.69. The summed E-state index contributed by atoms with van der Waals surface area (Å²) in [7, 11) is 0. The van der Waals surface area contributed by atoms with Crippen molar-refractivity contribution >= 4 is 12.2 Å². The number of hydrogen-bond donors (Lipinski definition) is 0. The third-order valence-electron chi connectivity index (χ3n) is 3.00. The van der Waals surface area contributed by atoms with Crippen LogP contribution >= 0.6 is 0 Å². The minimum Gasteiger partial charge on any atom is -0.211 e. The van der Waals surface area contributed by atoms with Crippen LogP contribution in [0.4, 0.5) is 0 Å². The molecule has 1 aliphatic carbocycles. The maximum Gasteiger partial charge on any atom is 0.235 e. The fraction of sp³-hybridized carbons (Fsp3) is 0.818. The van der Waals surface area contributed by atoms with E-state index in [-0.39, 0.29) is 11.5 Å². The van der Waals surface area contributed by atoms with Gasteiger partial charge >= 0.3 is 0 Å². The molecule has 15 heavy (non-hydrogen) atoms. The average molecular weight is 208 g/mol. The van der Waals surface area contributed by atoms with Crippen molar-refractivity contribution in [2.24, 2.45) is 21.3 Å². The van der Waals surface area contributed by atoms with Gasteiger partial charge in [0.1, 0.15) is 0 Å². The Balaban J connectivity index is 2.72. The van der Waals surface area contributed by atoms with Crippen molar-refractivity contribution in [3.8, 4) is 0 Å². The predicted octanol–water partition coefficient (Wildman–Crippen LogP) is 1.85. The minimum atomic E-state index is -0.0277. The van der Waals surface area contributed by atoms with Crippen LogP contribution < -0.4 is 0 Å². The molecule has 0 aromatic carbocycles. The molecule has 1 saturated carbocycles. The Bertz CT molecular complexity index is 317. The smallest absolute Gasteiger partial charge is 0.211 e. The molecule has 0 bridgehead atoms. The zero-order chi connectivity index (χ0) is 11.3. The van der Waals surface area contributed by atoms with Crippen LogP contribution in [0.5, 0.6) is 0 Å². The zero-order valence-corrected chi connectivity index (χ0v) is 9.19. The molecule has 0 heterocycles. The number of isocyanates is 2. The summed E-state index contributed by atoms with van der Waals surface area (Å²) in [6.07, 6.45) is 5.93. The fourth-order valence-electron chi connectivity index (χ4n) is 2.65. The predicted molar refractivity (Wildman–Crippen MR) is 56.0 cm³/mol. The second-order valence-corrected chi connectivity index (χ2v) is 4.84. The number of nitrogens with zero attached hydrogens (tertiary/aromatic N) is 2. The largest absolute Gasteiger partial charge is 0.235 e. The highest BCUT2D eigenvalue weighted by Crippen LogP contribution is 2.40. The molecule has 0 spiro atoms. The van der Waals surface area contributed by atoms with Crippen molar-refractivity contribution in [3.63, 3.8) is 0 Å². The van der Waals surface area contributed by atoms with Crippen molar-refractivity contribution in [2.45, 2.75) is 39.2 Å². The highest BCUT2D eigenvalue weighted by Gasteiger charge is 2.35. The van der Waals surface area contributed by atoms with Crippen molar-refractivity contribution < 1.29 is 9.59 Å². The second-order valence-electron chi connectivity index (χ2n) is 4.84. The molecule has 0 radical (unpaired) electrons. The first kappa shape index (κ1) is 11.8. The van der Waals surface area contributed by atoms with Gasteiger partial charge < -0.3 is 0 Å². The lowest BCUT2D eigenvalue weighted by Gasteiger charge is -2.38. The van der Waals surface area contributed by atoms with Crippen LogP contribution in [0.2, 0.25) is 0 Å². The molecule has 0 N–H and O–H groups in total. The normalized spacial score (nSPS) is 35.1. The Morgan fingerprint density at radius 3 is 2.67 bits per heavy atom. The summed E-state index contributed by atoms with van der Waals surface area (Å²) >= 11 is 0. The van der Waals surface area contributed by atoms with Gasteiger partial charge in [-0.25, -0.2) is 19.6 Å². The van der Waals surface area contributed by atoms with Crippen LogP contribution in [-0.2, 0) is 9.59 Å². The van der Waals surface area contributed by atoms with Crippen molar-refractivity contribution in [1.82, 2.24) is 0 Å². The summed E-state index contributed by atoms with van der Waals surface area (Å²) in [5.41, 5.74) is -0.0277. The van der Waals surface area contributed by atoms with Crippen LogP contribution in [0, 0.1) is 11.3 Å². The molecule has 0 amide bonds. The summed E-state index contributed by atoms with van der Waals surface area (Å²) in [6.45, 7) is 4.69. The number of hydrogen-bond acceptors (Lipinski definition) is 4. The standard InChI is InChI=1S/C11H16N2O2/c1-9-3-10(13-8-15)5-11(2,4-9)6-12-7-14/h9-10H,3-6H2,1-2H3. The highest BCUT2D eigenvalue weighted by molar-refractivity contribution is 5.34. The minimum absolute atomic E-state index is 0.0277. The summed E-state index contributed by atoms with van der Waals surface area (Å²) in [6, 6.07) is 0.0399. The molecule has 0 aromatic heterocycles. The second kappa shape index (κ2) is 5.01. The van der Waals surface area contributed by atoms with E-state index in [4.69, 9.17) is 0 Å². The third-order valence-corrected chi connectivity index (χ3v) is 3.00. The average Bonchev–Trinajstić information content (AvgIpc) is 2.14. The molecule has 0 saturated heterocycles. The maximum absolute atomic E-state index is 10.2. The van der Waals surface area contributed by atoms with E-state index in [9.17, 15) is 9.59 Å². The fourth-order valence-corrected chi connectivity index (χ4v) is 2.65. The van der Waals surface area contributed by atoms with Gasteiger partial charge in [0, 0.05) is 0 Å². The zero-order valence-electron chi connectivity index (χ0n) is 9.19. The first-order valence-electron chi connectivity index (χ1n) is 5.20. The summed E-state index contributed by atoms with van der Waals surface area (Å²) in [4.78, 5) is 27.8. The maximum atomic E-state index is 10.2. The van der Waals surface area contributed by atoms with Gasteiger partial charge in [-0.1, -0.05) is 13.8 Å². The molecular formula is C11H16N2O2. The van der Waals surface area contributed by atoms with Gasteiger partial charge in [-0.05, 0) is 30.6 Å². The van der Waals surface area contributed by atoms with Crippen molar-refractivity contribution in [3.05, 3.63) is 0 Å². The monoisotopic (exact) mass is 208 g/mol. The molecule has 4 heteroatoms. The van der Waals surface area contributed by atoms with Gasteiger partial charge in [0.2, 0.25) is 12.2 Å². The van der Waals surface area contributed by atoms with Crippen LogP contribution in [-0.4, -0.2) is 24.7 Å². The number of rotatable bonds is 3. The molecule has 0 aliphatic heterocycles. The van der Waals surface area contributed by atoms with Gasteiger partial charge in [0.25, 0.3) is 0 Å². The quantitative estimate of drug-likeness (QED) is 0.525. The van der Waals surface area contributed by atoms with Crippen molar-refractivity contribution in [2.75, 3.05) is 6.54 Å². The summed E-state index contributed by atoms with van der Waals surface area (Å²) in [5, 5.41) is 0. The molecule has 1 aliphatic rings. The van der Waals surface area contributed by atoms with E-state index in [1.165, 1.54) is 0 Å². The lowest BCUT2D eigenvalue weighted by molar-refractivity contribution is 0.159. The van der Waals surface area contributed by atoms with Crippen LogP contribution in [0.15, 0.2) is 9.98 Å². The van der Waals surface area contributed by atoms with E-state index in [1.807, 2.05) is 0 Å². The van der Waals surface area contributed by atoms with Crippen LogP contribution in [0.1, 0.15) is 33.1 Å². The van der Waals surface area contributed by atoms with Gasteiger partial charge in [0.15, 0.2) is 0 Å². The Morgan fingerprint density at radius 2 is 2.07 bits per heavy atom. The highest BCUT2D eigenvalue weighted by atomic mass is 16.1. The SMILES string of the molecule is CC1CC(N=C=O)CC(C)(CN=C=O)C1. The molecule has 82 valence electrons. The summed E-state index contributed by atoms with van der Waals surface area (Å²) < 4.78 is 0. The van der Waals surface area contributed by atoms with Gasteiger partial charge in [0.05, 0.1) is 12.6 Å². The Morgan fingerprint density at radius 1 is 1.33 bits per heavy atom. The lowest BCUT2D eigenvalue weighted by Crippen LogP contribution is -2.34. The Hall–Kier alpha value is -1.24. The molecule has 3 atom stereocenters. The Labute approximate surface area is 89.5 Å². The van der Waals surface area contributed by atoms with Crippen LogP contribution in [0.3, 0.4) is 0 Å². The molecule has 4 nitrogen and oxygen atoms in total. The third kappa shape index (κ3) is 3.43. The van der Waals surface area contributed by atoms with E-state index in [1.54, 1.807) is 12.2 Å². The van der Waals surface area contributed by atoms with E-state index in [0.717, 1.165) is 19.3 Å². The number of carbonyl (C=O) groups excluding carboxylic acids is 2. The van der Waals surface area contributed by atoms with Crippen molar-refractivity contribution in [1.29, 1.82) is 0 Å². The van der Waals surface area contributed by atoms with E-state index >= 15 is 0 Å². The summed E-state index contributed by atoms with van der Waals surface area (Å²) in [5.74, 6) is 0.507. The molecule has 1 rings (SSSR count). The van der Waals surface area contributed by atoms with E-state index in [2.05, 4.69) is 23.8 Å². The molecular weight excluding hydrogens is 192 g/mol. The van der Waals surface area contributed by atoms with Gasteiger partial charge in [-0.3, -0.25) is 0 Å².